The molecule has 5 atom stereocenters. The second kappa shape index (κ2) is 22.7. The number of nitrogens with one attached hydrogen (secondary N) is 5. The number of likely N-dealkylation sites (N-methyl/N-ethyl adjacent to an activating group) is 1. The first-order chi connectivity index (χ1) is 25.5. The van der Waals surface area contributed by atoms with E-state index in [1.807, 2.05) is 42.5 Å². The molecule has 1 aromatic carbocycles. The van der Waals surface area contributed by atoms with Gasteiger partial charge in [0.25, 0.3) is 0 Å². The Labute approximate surface area is 315 Å². The zero-order valence-electron chi connectivity index (χ0n) is 31.6. The summed E-state index contributed by atoms with van der Waals surface area (Å²) < 4.78 is 0. The molecular weight excluding hydrogens is 702 g/mol. The molecule has 0 aromatic heterocycles. The van der Waals surface area contributed by atoms with Crippen LogP contribution in [0.15, 0.2) is 36.4 Å². The van der Waals surface area contributed by atoms with Gasteiger partial charge in [-0.05, 0) is 30.2 Å². The molecule has 0 bridgehead atoms. The van der Waals surface area contributed by atoms with Crippen molar-refractivity contribution in [3.05, 3.63) is 42.0 Å². The molecule has 54 heavy (non-hydrogen) atoms. The molecule has 298 valence electrons. The van der Waals surface area contributed by atoms with Crippen LogP contribution >= 0.6 is 0 Å². The van der Waals surface area contributed by atoms with E-state index in [1.54, 1.807) is 27.7 Å². The minimum absolute atomic E-state index is 0.0444. The first-order valence-corrected chi connectivity index (χ1v) is 18.1. The molecule has 0 radical (unpaired) electrons. The Hall–Kier alpha value is -5.32. The molecule has 2 rings (SSSR count). The zero-order valence-corrected chi connectivity index (χ0v) is 31.6. The van der Waals surface area contributed by atoms with Crippen molar-refractivity contribution in [2.24, 2.45) is 11.8 Å². The van der Waals surface area contributed by atoms with Crippen LogP contribution in [0.4, 0.5) is 0 Å². The smallest absolute Gasteiger partial charge is 0.326 e. The second-order valence-electron chi connectivity index (χ2n) is 13.8. The lowest BCUT2D eigenvalue weighted by atomic mass is 9.96. The van der Waals surface area contributed by atoms with Crippen LogP contribution < -0.4 is 26.6 Å². The number of hydrogen-bond acceptors (Lipinski definition) is 9. The molecule has 7 N–H and O–H groups in total. The zero-order chi connectivity index (χ0) is 40.4. The summed E-state index contributed by atoms with van der Waals surface area (Å²) in [4.78, 5) is 104. The highest BCUT2D eigenvalue weighted by atomic mass is 16.4. The van der Waals surface area contributed by atoms with Crippen LogP contribution in [0.2, 0.25) is 0 Å². The highest BCUT2D eigenvalue weighted by Crippen LogP contribution is 2.23. The minimum Gasteiger partial charge on any atom is -0.481 e. The highest BCUT2D eigenvalue weighted by molar-refractivity contribution is 6.00. The van der Waals surface area contributed by atoms with Crippen LogP contribution in [0.5, 0.6) is 0 Å². The predicted molar refractivity (Wildman–Crippen MR) is 198 cm³/mol. The van der Waals surface area contributed by atoms with Gasteiger partial charge in [-0.25, -0.2) is 4.79 Å². The second-order valence-corrected chi connectivity index (χ2v) is 13.8. The predicted octanol–water partition coefficient (Wildman–Crippen LogP) is -0.0391. The maximum absolute atomic E-state index is 13.7. The fraction of sp³-hybridized carbons (Fsp3) is 0.568. The van der Waals surface area contributed by atoms with Crippen molar-refractivity contribution >= 4 is 53.5 Å². The van der Waals surface area contributed by atoms with Crippen molar-refractivity contribution in [2.75, 3.05) is 39.8 Å². The molecule has 3 unspecified atom stereocenters. The summed E-state index contributed by atoms with van der Waals surface area (Å²) >= 11 is 0. The van der Waals surface area contributed by atoms with Gasteiger partial charge >= 0.3 is 11.9 Å². The molecule has 1 aromatic rings. The van der Waals surface area contributed by atoms with Crippen molar-refractivity contribution in [3.8, 4) is 0 Å². The highest BCUT2D eigenvalue weighted by Gasteiger charge is 2.43. The summed E-state index contributed by atoms with van der Waals surface area (Å²) in [5.41, 5.74) is 1.07. The SMILES string of the molecule is CCC(C)C(C(=O)N[C@@H](CC(=O)O)C(=O)N(C)CC(=O)N[C@@H](CC(C)C)C(=O)O)N1CCC(NC(=O)CC(=O)NCCNC/C=C/c2ccccc2)C1=O. The van der Waals surface area contributed by atoms with Gasteiger partial charge in [0.15, 0.2) is 0 Å². The number of hydrogen-bond donors (Lipinski definition) is 7. The monoisotopic (exact) mass is 757 g/mol. The molecule has 1 fully saturated rings. The van der Waals surface area contributed by atoms with Gasteiger partial charge in [-0.1, -0.05) is 76.6 Å². The third-order valence-electron chi connectivity index (χ3n) is 8.77. The average Bonchev–Trinajstić information content (AvgIpc) is 3.44. The molecule has 17 heteroatoms. The van der Waals surface area contributed by atoms with Gasteiger partial charge in [-0.3, -0.25) is 33.6 Å². The van der Waals surface area contributed by atoms with Crippen LogP contribution in [0.3, 0.4) is 0 Å². The van der Waals surface area contributed by atoms with Gasteiger partial charge in [0.2, 0.25) is 35.4 Å². The van der Waals surface area contributed by atoms with Crippen LogP contribution in [-0.2, 0) is 38.4 Å². The summed E-state index contributed by atoms with van der Waals surface area (Å²) in [6.07, 6.45) is 3.31. The molecule has 1 aliphatic rings. The number of carboxylic acid groups (broad SMARTS) is 2. The van der Waals surface area contributed by atoms with Crippen molar-refractivity contribution in [2.45, 2.75) is 84.0 Å². The number of carboxylic acids is 2. The lowest BCUT2D eigenvalue weighted by Crippen LogP contribution is -2.58. The van der Waals surface area contributed by atoms with Crippen LogP contribution in [0.1, 0.15) is 65.4 Å². The van der Waals surface area contributed by atoms with E-state index < -0.39 is 96.9 Å². The van der Waals surface area contributed by atoms with Gasteiger partial charge < -0.3 is 46.6 Å². The third-order valence-corrected chi connectivity index (χ3v) is 8.77. The standard InChI is InChI=1S/C37H55N7O10/c1-6-24(4)33(34(50)42-27(20-32(48)49)35(51)43(5)22-31(47)41-28(37(53)54)19-23(2)3)44-18-14-26(36(44)52)40-30(46)21-29(45)39-17-16-38-15-10-13-25-11-8-7-9-12-25/h7-13,23-24,26-28,33,38H,6,14-22H2,1-5H3,(H,39,45)(H,40,46)(H,41,47)(H,42,50)(H,48,49)(H,53,54)/b13-10+/t24?,26?,27-,28-,33?/m0/s1. The fourth-order valence-electron chi connectivity index (χ4n) is 5.86. The summed E-state index contributed by atoms with van der Waals surface area (Å²) in [7, 11) is 1.22. The lowest BCUT2D eigenvalue weighted by Gasteiger charge is -2.33. The Balaban J connectivity index is 1.95. The van der Waals surface area contributed by atoms with Crippen molar-refractivity contribution < 1.29 is 48.6 Å². The molecule has 0 aliphatic carbocycles. The summed E-state index contributed by atoms with van der Waals surface area (Å²) in [6.45, 7) is 7.87. The number of rotatable bonds is 23. The number of carbonyl (C=O) groups excluding carboxylic acids is 6. The summed E-state index contributed by atoms with van der Waals surface area (Å²) in [5, 5.41) is 32.1. The topological polar surface area (TPSA) is 244 Å². The van der Waals surface area contributed by atoms with Gasteiger partial charge in [0.05, 0.1) is 13.0 Å². The van der Waals surface area contributed by atoms with E-state index in [9.17, 15) is 48.6 Å². The number of benzene rings is 1. The van der Waals surface area contributed by atoms with E-state index in [1.165, 1.54) is 11.9 Å². The number of aliphatic carboxylic acids is 2. The van der Waals surface area contributed by atoms with E-state index in [2.05, 4.69) is 26.6 Å². The van der Waals surface area contributed by atoms with Crippen molar-refractivity contribution in [1.29, 1.82) is 0 Å². The van der Waals surface area contributed by atoms with E-state index in [-0.39, 0.29) is 31.8 Å². The maximum atomic E-state index is 13.7. The van der Waals surface area contributed by atoms with Gasteiger partial charge in [0, 0.05) is 33.2 Å². The van der Waals surface area contributed by atoms with Gasteiger partial charge in [-0.2, -0.15) is 0 Å². The normalized spacial score (nSPS) is 16.3. The minimum atomic E-state index is -1.61. The molecule has 0 spiro atoms. The summed E-state index contributed by atoms with van der Waals surface area (Å²) in [6, 6.07) is 4.83. The number of amides is 6. The van der Waals surface area contributed by atoms with E-state index >= 15 is 0 Å². The van der Waals surface area contributed by atoms with Gasteiger partial charge in [-0.15, -0.1) is 0 Å². The van der Waals surface area contributed by atoms with Gasteiger partial charge in [0.1, 0.15) is 30.6 Å². The first kappa shape index (κ1) is 44.8. The molecule has 17 nitrogen and oxygen atoms in total. The quantitative estimate of drug-likeness (QED) is 0.0577. The van der Waals surface area contributed by atoms with E-state index in [0.717, 1.165) is 10.5 Å². The number of nitrogens with zero attached hydrogens (tertiary/aromatic N) is 2. The first-order valence-electron chi connectivity index (χ1n) is 18.1. The van der Waals surface area contributed by atoms with Crippen LogP contribution in [-0.4, -0.2) is 131 Å². The Kier molecular flexibility index (Phi) is 18.8. The Morgan fingerprint density at radius 1 is 0.944 bits per heavy atom. The lowest BCUT2D eigenvalue weighted by molar-refractivity contribution is -0.147. The molecule has 0 saturated carbocycles. The van der Waals surface area contributed by atoms with E-state index in [4.69, 9.17) is 0 Å². The number of carbonyl (C=O) groups is 8. The van der Waals surface area contributed by atoms with Crippen LogP contribution in [0.25, 0.3) is 6.08 Å². The Morgan fingerprint density at radius 3 is 2.24 bits per heavy atom. The molecule has 1 heterocycles. The number of likely N-dealkylation sites (tertiary alicyclic amines) is 1. The third kappa shape index (κ3) is 15.3. The Morgan fingerprint density at radius 2 is 1.63 bits per heavy atom. The Bertz CT molecular complexity index is 1500. The van der Waals surface area contributed by atoms with Crippen molar-refractivity contribution in [3.63, 3.8) is 0 Å². The maximum Gasteiger partial charge on any atom is 0.326 e. The average molecular weight is 758 g/mol. The van der Waals surface area contributed by atoms with Crippen LogP contribution in [0, 0.1) is 11.8 Å². The summed E-state index contributed by atoms with van der Waals surface area (Å²) in [5.74, 6) is -7.41. The molecule has 6 amide bonds. The fourth-order valence-corrected chi connectivity index (χ4v) is 5.86. The van der Waals surface area contributed by atoms with E-state index in [0.29, 0.717) is 19.5 Å². The molecule has 1 aliphatic heterocycles. The molecule has 1 saturated heterocycles. The largest absolute Gasteiger partial charge is 0.481 e. The van der Waals surface area contributed by atoms with Crippen molar-refractivity contribution in [1.82, 2.24) is 36.4 Å². The molecular formula is C37H55N7O10.